The molecule has 1 N–H and O–H groups in total. The fourth-order valence-electron chi connectivity index (χ4n) is 2.08. The Morgan fingerprint density at radius 3 is 2.42 bits per heavy atom. The van der Waals surface area contributed by atoms with Gasteiger partial charge < -0.3 is 9.73 Å². The van der Waals surface area contributed by atoms with Crippen LogP contribution in [0.15, 0.2) is 53.1 Å². The van der Waals surface area contributed by atoms with Crippen molar-refractivity contribution in [1.82, 2.24) is 4.98 Å². The summed E-state index contributed by atoms with van der Waals surface area (Å²) in [5.74, 6) is -1.29. The lowest BCUT2D eigenvalue weighted by molar-refractivity contribution is -0.137. The predicted molar refractivity (Wildman–Crippen MR) is 86.3 cm³/mol. The standard InChI is InChI=1S/C17H9ClF4N2O2/c18-12-7-11(5-6-13(12)19)23-15(25)14-8-26-16(24-14)9-1-3-10(4-2-9)17(20,21)22/h1-8H,(H,23,25). The Kier molecular flexibility index (Phi) is 4.69. The summed E-state index contributed by atoms with van der Waals surface area (Å²) in [7, 11) is 0. The highest BCUT2D eigenvalue weighted by atomic mass is 35.5. The average Bonchev–Trinajstić information content (AvgIpc) is 3.08. The predicted octanol–water partition coefficient (Wildman–Crippen LogP) is 5.41. The van der Waals surface area contributed by atoms with Gasteiger partial charge in [0.15, 0.2) is 5.69 Å². The minimum atomic E-state index is -4.45. The molecule has 1 amide bonds. The lowest BCUT2D eigenvalue weighted by atomic mass is 10.1. The number of alkyl halides is 3. The molecule has 0 bridgehead atoms. The highest BCUT2D eigenvalue weighted by Crippen LogP contribution is 2.30. The third-order valence-electron chi connectivity index (χ3n) is 3.37. The summed E-state index contributed by atoms with van der Waals surface area (Å²) in [6.07, 6.45) is -3.38. The van der Waals surface area contributed by atoms with E-state index in [-0.39, 0.29) is 27.9 Å². The molecule has 0 radical (unpaired) electrons. The molecule has 0 aliphatic carbocycles. The van der Waals surface area contributed by atoms with Gasteiger partial charge in [0.1, 0.15) is 12.1 Å². The third kappa shape index (κ3) is 3.85. The number of anilines is 1. The van der Waals surface area contributed by atoms with E-state index in [9.17, 15) is 22.4 Å². The summed E-state index contributed by atoms with van der Waals surface area (Å²) in [4.78, 5) is 16.1. The quantitative estimate of drug-likeness (QED) is 0.615. The molecule has 0 aliphatic heterocycles. The molecule has 3 rings (SSSR count). The highest BCUT2D eigenvalue weighted by molar-refractivity contribution is 6.31. The van der Waals surface area contributed by atoms with Gasteiger partial charge in [-0.2, -0.15) is 13.2 Å². The lowest BCUT2D eigenvalue weighted by Crippen LogP contribution is -2.12. The molecule has 0 spiro atoms. The molecule has 0 saturated carbocycles. The number of carbonyl (C=O) groups excluding carboxylic acids is 1. The fraction of sp³-hybridized carbons (Fsp3) is 0.0588. The first-order valence-electron chi connectivity index (χ1n) is 7.13. The number of benzene rings is 2. The second kappa shape index (κ2) is 6.80. The van der Waals surface area contributed by atoms with E-state index < -0.39 is 23.5 Å². The van der Waals surface area contributed by atoms with E-state index in [4.69, 9.17) is 16.0 Å². The normalized spacial score (nSPS) is 11.4. The van der Waals surface area contributed by atoms with Crippen molar-refractivity contribution in [3.8, 4) is 11.5 Å². The summed E-state index contributed by atoms with van der Waals surface area (Å²) in [6, 6.07) is 7.79. The first kappa shape index (κ1) is 17.9. The molecule has 9 heteroatoms. The third-order valence-corrected chi connectivity index (χ3v) is 3.66. The van der Waals surface area contributed by atoms with Gasteiger partial charge in [-0.3, -0.25) is 4.79 Å². The molecule has 0 saturated heterocycles. The van der Waals surface area contributed by atoms with Crippen molar-refractivity contribution in [2.24, 2.45) is 0 Å². The van der Waals surface area contributed by atoms with Gasteiger partial charge in [0.05, 0.1) is 10.6 Å². The van der Waals surface area contributed by atoms with E-state index in [0.29, 0.717) is 0 Å². The van der Waals surface area contributed by atoms with Crippen LogP contribution in [0.25, 0.3) is 11.5 Å². The van der Waals surface area contributed by atoms with Gasteiger partial charge in [-0.05, 0) is 42.5 Å². The Labute approximate surface area is 149 Å². The minimum absolute atomic E-state index is 0.0130. The van der Waals surface area contributed by atoms with Gasteiger partial charge in [0.2, 0.25) is 5.89 Å². The molecule has 0 unspecified atom stereocenters. The zero-order chi connectivity index (χ0) is 18.9. The second-order valence-electron chi connectivity index (χ2n) is 5.20. The number of amides is 1. The van der Waals surface area contributed by atoms with Crippen LogP contribution in [-0.4, -0.2) is 10.9 Å². The van der Waals surface area contributed by atoms with Crippen LogP contribution in [0.1, 0.15) is 16.1 Å². The van der Waals surface area contributed by atoms with Crippen LogP contribution < -0.4 is 5.32 Å². The fourth-order valence-corrected chi connectivity index (χ4v) is 2.26. The highest BCUT2D eigenvalue weighted by Gasteiger charge is 2.30. The van der Waals surface area contributed by atoms with Crippen molar-refractivity contribution in [3.05, 3.63) is 70.8 Å². The Bertz CT molecular complexity index is 952. The molecule has 2 aromatic carbocycles. The Morgan fingerprint density at radius 2 is 1.81 bits per heavy atom. The first-order chi connectivity index (χ1) is 12.2. The molecule has 1 heterocycles. The Morgan fingerprint density at radius 1 is 1.12 bits per heavy atom. The molecule has 4 nitrogen and oxygen atoms in total. The van der Waals surface area contributed by atoms with Crippen LogP contribution >= 0.6 is 11.6 Å². The zero-order valence-electron chi connectivity index (χ0n) is 12.8. The van der Waals surface area contributed by atoms with Gasteiger partial charge >= 0.3 is 6.18 Å². The largest absolute Gasteiger partial charge is 0.444 e. The van der Waals surface area contributed by atoms with E-state index >= 15 is 0 Å². The minimum Gasteiger partial charge on any atom is -0.444 e. The van der Waals surface area contributed by atoms with E-state index in [2.05, 4.69) is 10.3 Å². The van der Waals surface area contributed by atoms with Crippen LogP contribution in [0, 0.1) is 5.82 Å². The zero-order valence-corrected chi connectivity index (χ0v) is 13.5. The number of oxazole rings is 1. The van der Waals surface area contributed by atoms with Crippen molar-refractivity contribution in [2.75, 3.05) is 5.32 Å². The van der Waals surface area contributed by atoms with Crippen LogP contribution in [0.3, 0.4) is 0 Å². The maximum absolute atomic E-state index is 13.1. The number of rotatable bonds is 3. The van der Waals surface area contributed by atoms with E-state index in [0.717, 1.165) is 24.5 Å². The number of nitrogens with zero attached hydrogens (tertiary/aromatic N) is 1. The first-order valence-corrected chi connectivity index (χ1v) is 7.51. The topological polar surface area (TPSA) is 55.1 Å². The SMILES string of the molecule is O=C(Nc1ccc(F)c(Cl)c1)c1coc(-c2ccc(C(F)(F)F)cc2)n1. The van der Waals surface area contributed by atoms with Crippen LogP contribution in [0.4, 0.5) is 23.2 Å². The molecule has 0 aliphatic rings. The van der Waals surface area contributed by atoms with Crippen molar-refractivity contribution >= 4 is 23.2 Å². The number of carbonyl (C=O) groups is 1. The summed E-state index contributed by atoms with van der Waals surface area (Å²) in [6.45, 7) is 0. The summed E-state index contributed by atoms with van der Waals surface area (Å²) in [5.41, 5.74) is -0.373. The lowest BCUT2D eigenvalue weighted by Gasteiger charge is -2.06. The maximum Gasteiger partial charge on any atom is 0.416 e. The molecular formula is C17H9ClF4N2O2. The Balaban J connectivity index is 1.76. The van der Waals surface area contributed by atoms with Crippen molar-refractivity contribution < 1.29 is 26.8 Å². The summed E-state index contributed by atoms with van der Waals surface area (Å²) in [5, 5.41) is 2.30. The molecule has 134 valence electrons. The molecule has 3 aromatic rings. The Hall–Kier alpha value is -2.87. The smallest absolute Gasteiger partial charge is 0.416 e. The summed E-state index contributed by atoms with van der Waals surface area (Å²) < 4.78 is 56.0. The van der Waals surface area contributed by atoms with E-state index in [1.807, 2.05) is 0 Å². The number of nitrogens with one attached hydrogen (secondary N) is 1. The van der Waals surface area contributed by atoms with Gasteiger partial charge in [-0.1, -0.05) is 11.6 Å². The molecule has 26 heavy (non-hydrogen) atoms. The van der Waals surface area contributed by atoms with Crippen molar-refractivity contribution in [1.29, 1.82) is 0 Å². The monoisotopic (exact) mass is 384 g/mol. The summed E-state index contributed by atoms with van der Waals surface area (Å²) >= 11 is 5.63. The van der Waals surface area contributed by atoms with Crippen LogP contribution in [-0.2, 0) is 6.18 Å². The van der Waals surface area contributed by atoms with Crippen molar-refractivity contribution in [3.63, 3.8) is 0 Å². The van der Waals surface area contributed by atoms with Gasteiger partial charge in [0.25, 0.3) is 5.91 Å². The van der Waals surface area contributed by atoms with E-state index in [1.165, 1.54) is 24.3 Å². The van der Waals surface area contributed by atoms with Crippen molar-refractivity contribution in [2.45, 2.75) is 6.18 Å². The van der Waals surface area contributed by atoms with Gasteiger partial charge in [-0.25, -0.2) is 9.37 Å². The van der Waals surface area contributed by atoms with E-state index in [1.54, 1.807) is 0 Å². The molecular weight excluding hydrogens is 376 g/mol. The van der Waals surface area contributed by atoms with Crippen LogP contribution in [0.5, 0.6) is 0 Å². The molecule has 1 aromatic heterocycles. The number of halogens is 5. The number of hydrogen-bond acceptors (Lipinski definition) is 3. The average molecular weight is 385 g/mol. The maximum atomic E-state index is 13.1. The van der Waals surface area contributed by atoms with Crippen LogP contribution in [0.2, 0.25) is 5.02 Å². The second-order valence-corrected chi connectivity index (χ2v) is 5.60. The molecule has 0 fully saturated rings. The van der Waals surface area contributed by atoms with Gasteiger partial charge in [-0.15, -0.1) is 0 Å². The van der Waals surface area contributed by atoms with Gasteiger partial charge in [0, 0.05) is 11.3 Å². The number of aromatic nitrogens is 1. The molecule has 0 atom stereocenters. The number of hydrogen-bond donors (Lipinski definition) is 1.